The Hall–Kier alpha value is -3.97. The van der Waals surface area contributed by atoms with E-state index in [-0.39, 0.29) is 12.3 Å². The van der Waals surface area contributed by atoms with Gasteiger partial charge in [0.05, 0.1) is 21.9 Å². The Morgan fingerprint density at radius 3 is 2.48 bits per heavy atom. The molecule has 0 radical (unpaired) electrons. The first-order valence-corrected chi connectivity index (χ1v) is 10.5. The summed E-state index contributed by atoms with van der Waals surface area (Å²) in [6.45, 7) is 3.85. The molecule has 0 unspecified atom stereocenters. The molecule has 0 spiro atoms. The number of carbonyl (C=O) groups excluding carboxylic acids is 1. The van der Waals surface area contributed by atoms with E-state index in [1.165, 1.54) is 6.07 Å². The average molecular weight is 462 g/mol. The van der Waals surface area contributed by atoms with Crippen LogP contribution in [0.4, 0.5) is 5.69 Å². The summed E-state index contributed by atoms with van der Waals surface area (Å²) >= 11 is 6.11. The van der Waals surface area contributed by atoms with Crippen LogP contribution in [-0.4, -0.2) is 20.7 Å². The Balaban J connectivity index is 1.55. The topological polar surface area (TPSA) is 87.3 Å². The summed E-state index contributed by atoms with van der Waals surface area (Å²) in [6, 6.07) is 20.6. The highest BCUT2D eigenvalue weighted by Crippen LogP contribution is 2.31. The number of rotatable bonds is 6. The summed E-state index contributed by atoms with van der Waals surface area (Å²) in [7, 11) is 0. The maximum absolute atomic E-state index is 12.4. The molecular weight excluding hydrogens is 442 g/mol. The van der Waals surface area contributed by atoms with Gasteiger partial charge in [0.1, 0.15) is 6.61 Å². The molecule has 0 saturated carbocycles. The lowest BCUT2D eigenvalue weighted by atomic mass is 10.0. The van der Waals surface area contributed by atoms with Crippen LogP contribution in [-0.2, 0) is 11.3 Å². The monoisotopic (exact) mass is 461 g/mol. The molecule has 0 N–H and O–H groups in total. The Kier molecular flexibility index (Phi) is 6.24. The Labute approximate surface area is 195 Å². The normalized spacial score (nSPS) is 10.8. The summed E-state index contributed by atoms with van der Waals surface area (Å²) in [5.41, 5.74) is 5.07. The summed E-state index contributed by atoms with van der Waals surface area (Å²) in [4.78, 5) is 23.2. The second-order valence-corrected chi connectivity index (χ2v) is 7.89. The molecule has 33 heavy (non-hydrogen) atoms. The Bertz CT molecular complexity index is 1350. The van der Waals surface area contributed by atoms with Crippen molar-refractivity contribution in [3.63, 3.8) is 0 Å². The average Bonchev–Trinajstić information content (AvgIpc) is 3.12. The number of esters is 1. The van der Waals surface area contributed by atoms with Crippen molar-refractivity contribution < 1.29 is 14.5 Å². The third-order valence-electron chi connectivity index (χ3n) is 5.30. The minimum atomic E-state index is -0.452. The lowest BCUT2D eigenvalue weighted by Gasteiger charge is -2.09. The predicted octanol–water partition coefficient (Wildman–Crippen LogP) is 6.07. The third kappa shape index (κ3) is 4.63. The van der Waals surface area contributed by atoms with Crippen LogP contribution in [0.5, 0.6) is 0 Å². The first kappa shape index (κ1) is 22.2. The van der Waals surface area contributed by atoms with Gasteiger partial charge in [-0.15, -0.1) is 0 Å². The van der Waals surface area contributed by atoms with Crippen LogP contribution >= 0.6 is 11.6 Å². The molecule has 0 aliphatic heterocycles. The Morgan fingerprint density at radius 2 is 1.79 bits per heavy atom. The summed E-state index contributed by atoms with van der Waals surface area (Å²) in [5, 5.41) is 16.3. The standard InChI is InChI=1S/C25H20ClN3O4/c1-16-24(19-7-5-8-22(14-19)29(31)32)17(2)28(27-16)21-12-10-18(11-13-21)25(30)33-15-20-6-3-4-9-23(20)26/h3-14H,15H2,1-2H3. The van der Waals surface area contributed by atoms with Crippen molar-refractivity contribution >= 4 is 23.3 Å². The number of hydrogen-bond acceptors (Lipinski definition) is 5. The maximum atomic E-state index is 12.4. The number of halogens is 1. The van der Waals surface area contributed by atoms with Crippen LogP contribution in [0.1, 0.15) is 27.3 Å². The van der Waals surface area contributed by atoms with Gasteiger partial charge < -0.3 is 4.74 Å². The Morgan fingerprint density at radius 1 is 1.06 bits per heavy atom. The quantitative estimate of drug-likeness (QED) is 0.197. The van der Waals surface area contributed by atoms with Crippen LogP contribution in [0.3, 0.4) is 0 Å². The van der Waals surface area contributed by atoms with Gasteiger partial charge >= 0.3 is 5.97 Å². The fourth-order valence-electron chi connectivity index (χ4n) is 3.67. The first-order valence-electron chi connectivity index (χ1n) is 10.2. The van der Waals surface area contributed by atoms with E-state index in [1.807, 2.05) is 32.0 Å². The van der Waals surface area contributed by atoms with E-state index >= 15 is 0 Å². The van der Waals surface area contributed by atoms with Crippen molar-refractivity contribution in [2.24, 2.45) is 0 Å². The summed E-state index contributed by atoms with van der Waals surface area (Å²) in [5.74, 6) is -0.452. The number of carbonyl (C=O) groups is 1. The number of nitro groups is 1. The molecule has 0 saturated heterocycles. The smallest absolute Gasteiger partial charge is 0.338 e. The summed E-state index contributed by atoms with van der Waals surface area (Å²) in [6.07, 6.45) is 0. The molecule has 0 aliphatic carbocycles. The number of ether oxygens (including phenoxy) is 1. The number of aromatic nitrogens is 2. The predicted molar refractivity (Wildman–Crippen MR) is 126 cm³/mol. The van der Waals surface area contributed by atoms with E-state index < -0.39 is 10.9 Å². The van der Waals surface area contributed by atoms with E-state index in [0.717, 1.165) is 33.8 Å². The van der Waals surface area contributed by atoms with Gasteiger partial charge in [0.25, 0.3) is 5.69 Å². The third-order valence-corrected chi connectivity index (χ3v) is 5.67. The lowest BCUT2D eigenvalue weighted by molar-refractivity contribution is -0.384. The van der Waals surface area contributed by atoms with Crippen LogP contribution in [0.2, 0.25) is 5.02 Å². The number of non-ortho nitro benzene ring substituents is 1. The maximum Gasteiger partial charge on any atom is 0.338 e. The molecule has 4 aromatic rings. The second kappa shape index (κ2) is 9.26. The number of nitrogens with zero attached hydrogens (tertiary/aromatic N) is 3. The highest BCUT2D eigenvalue weighted by Gasteiger charge is 2.17. The number of nitro benzene ring substituents is 1. The lowest BCUT2D eigenvalue weighted by Crippen LogP contribution is -2.06. The molecular formula is C25H20ClN3O4. The van der Waals surface area contributed by atoms with Crippen LogP contribution in [0.15, 0.2) is 72.8 Å². The molecule has 4 rings (SSSR count). The van der Waals surface area contributed by atoms with Gasteiger partial charge in [-0.2, -0.15) is 5.10 Å². The molecule has 7 nitrogen and oxygen atoms in total. The summed E-state index contributed by atoms with van der Waals surface area (Å²) < 4.78 is 7.13. The van der Waals surface area contributed by atoms with Crippen molar-refractivity contribution in [3.05, 3.63) is 110 Å². The molecule has 0 bridgehead atoms. The van der Waals surface area contributed by atoms with Crippen molar-refractivity contribution in [3.8, 4) is 16.8 Å². The molecule has 0 atom stereocenters. The zero-order valence-electron chi connectivity index (χ0n) is 18.0. The first-order chi connectivity index (χ1) is 15.8. The zero-order chi connectivity index (χ0) is 23.5. The van der Waals surface area contributed by atoms with Gasteiger partial charge in [0, 0.05) is 34.0 Å². The SMILES string of the molecule is Cc1nn(-c2ccc(C(=O)OCc3ccccc3Cl)cc2)c(C)c1-c1cccc([N+](=O)[O-])c1. The van der Waals surface area contributed by atoms with Crippen LogP contribution in [0, 0.1) is 24.0 Å². The molecule has 1 aromatic heterocycles. The highest BCUT2D eigenvalue weighted by atomic mass is 35.5. The fourth-order valence-corrected chi connectivity index (χ4v) is 3.86. The van der Waals surface area contributed by atoms with E-state index in [2.05, 4.69) is 5.10 Å². The van der Waals surface area contributed by atoms with Gasteiger partial charge in [0.15, 0.2) is 0 Å². The van der Waals surface area contributed by atoms with E-state index in [0.29, 0.717) is 10.6 Å². The number of hydrogen-bond donors (Lipinski definition) is 0. The fraction of sp³-hybridized carbons (Fsp3) is 0.120. The van der Waals surface area contributed by atoms with Crippen LogP contribution in [0.25, 0.3) is 16.8 Å². The minimum absolute atomic E-state index is 0.0266. The van der Waals surface area contributed by atoms with Gasteiger partial charge in [-0.25, -0.2) is 9.48 Å². The number of aryl methyl sites for hydroxylation is 1. The van der Waals surface area contributed by atoms with Gasteiger partial charge in [0.2, 0.25) is 0 Å². The van der Waals surface area contributed by atoms with Crippen molar-refractivity contribution in [1.29, 1.82) is 0 Å². The minimum Gasteiger partial charge on any atom is -0.457 e. The van der Waals surface area contributed by atoms with Crippen LogP contribution < -0.4 is 0 Å². The van der Waals surface area contributed by atoms with Gasteiger partial charge in [-0.1, -0.05) is 41.9 Å². The molecule has 0 amide bonds. The van der Waals surface area contributed by atoms with E-state index in [9.17, 15) is 14.9 Å². The molecule has 3 aromatic carbocycles. The van der Waals surface area contributed by atoms with Gasteiger partial charge in [-0.3, -0.25) is 10.1 Å². The van der Waals surface area contributed by atoms with E-state index in [4.69, 9.17) is 16.3 Å². The van der Waals surface area contributed by atoms with Crippen molar-refractivity contribution in [2.75, 3.05) is 0 Å². The highest BCUT2D eigenvalue weighted by molar-refractivity contribution is 6.31. The second-order valence-electron chi connectivity index (χ2n) is 7.48. The van der Waals surface area contributed by atoms with Crippen molar-refractivity contribution in [1.82, 2.24) is 9.78 Å². The zero-order valence-corrected chi connectivity index (χ0v) is 18.7. The molecule has 1 heterocycles. The molecule has 8 heteroatoms. The van der Waals surface area contributed by atoms with E-state index in [1.54, 1.807) is 53.2 Å². The largest absolute Gasteiger partial charge is 0.457 e. The number of benzene rings is 3. The molecule has 0 fully saturated rings. The van der Waals surface area contributed by atoms with Gasteiger partial charge in [-0.05, 0) is 49.7 Å². The molecule has 0 aliphatic rings. The molecule has 166 valence electrons. The van der Waals surface area contributed by atoms with Crippen molar-refractivity contribution in [2.45, 2.75) is 20.5 Å².